The van der Waals surface area contributed by atoms with E-state index in [1.165, 1.54) is 12.8 Å². The van der Waals surface area contributed by atoms with Crippen LogP contribution in [0.2, 0.25) is 0 Å². The van der Waals surface area contributed by atoms with Crippen molar-refractivity contribution in [3.05, 3.63) is 35.9 Å². The molecule has 1 unspecified atom stereocenters. The Kier molecular flexibility index (Phi) is 9.22. The molecule has 0 spiro atoms. The van der Waals surface area contributed by atoms with Gasteiger partial charge in [-0.05, 0) is 57.4 Å². The molecule has 1 aromatic rings. The van der Waals surface area contributed by atoms with Crippen molar-refractivity contribution in [1.82, 2.24) is 15.5 Å². The molecule has 1 aliphatic heterocycles. The number of nitrogens with one attached hydrogen (secondary N) is 2. The molecule has 2 rings (SSSR count). The van der Waals surface area contributed by atoms with Crippen LogP contribution in [0.4, 0.5) is 0 Å². The first-order chi connectivity index (χ1) is 10.7. The lowest BCUT2D eigenvalue weighted by Crippen LogP contribution is -2.43. The summed E-state index contributed by atoms with van der Waals surface area (Å²) in [7, 11) is 0. The Bertz CT molecular complexity index is 447. The zero-order valence-corrected chi connectivity index (χ0v) is 15.1. The van der Waals surface area contributed by atoms with Gasteiger partial charge in [0.1, 0.15) is 0 Å². The molecule has 1 amide bonds. The predicted octanol–water partition coefficient (Wildman–Crippen LogP) is 2.61. The van der Waals surface area contributed by atoms with Crippen LogP contribution in [0.25, 0.3) is 0 Å². The minimum Gasteiger partial charge on any atom is -0.348 e. The maximum atomic E-state index is 12.2. The molecule has 1 aromatic carbocycles. The first-order valence-electron chi connectivity index (χ1n) is 8.46. The number of nitrogens with zero attached hydrogens (tertiary/aromatic N) is 1. The number of carbonyl (C=O) groups is 1. The quantitative estimate of drug-likeness (QED) is 0.802. The highest BCUT2D eigenvalue weighted by molar-refractivity contribution is 5.85. The summed E-state index contributed by atoms with van der Waals surface area (Å²) in [5.41, 5.74) is 1.15. The molecule has 1 aliphatic rings. The minimum absolute atomic E-state index is 0. The molecule has 0 radical (unpaired) electrons. The van der Waals surface area contributed by atoms with E-state index >= 15 is 0 Å². The second-order valence-electron chi connectivity index (χ2n) is 6.23. The molecule has 0 aliphatic carbocycles. The molecule has 0 bridgehead atoms. The van der Waals surface area contributed by atoms with Crippen LogP contribution < -0.4 is 10.6 Å². The number of amides is 1. The van der Waals surface area contributed by atoms with E-state index < -0.39 is 0 Å². The van der Waals surface area contributed by atoms with E-state index in [-0.39, 0.29) is 24.4 Å². The van der Waals surface area contributed by atoms with Gasteiger partial charge in [0.25, 0.3) is 0 Å². The summed E-state index contributed by atoms with van der Waals surface area (Å²) < 4.78 is 0. The maximum absolute atomic E-state index is 12.2. The number of carbonyl (C=O) groups excluding carboxylic acids is 1. The molecule has 1 heterocycles. The van der Waals surface area contributed by atoms with Gasteiger partial charge in [-0.3, -0.25) is 9.69 Å². The molecular formula is C18H30ClN3O. The van der Waals surface area contributed by atoms with E-state index in [2.05, 4.69) is 34.6 Å². The van der Waals surface area contributed by atoms with Crippen molar-refractivity contribution in [2.24, 2.45) is 5.92 Å². The largest absolute Gasteiger partial charge is 0.348 e. The Labute approximate surface area is 146 Å². The monoisotopic (exact) mass is 339 g/mol. The van der Waals surface area contributed by atoms with Crippen molar-refractivity contribution >= 4 is 18.3 Å². The third-order valence-electron chi connectivity index (χ3n) is 4.43. The number of halogens is 1. The molecule has 130 valence electrons. The Morgan fingerprint density at radius 3 is 2.52 bits per heavy atom. The Hall–Kier alpha value is -1.10. The van der Waals surface area contributed by atoms with Crippen LogP contribution >= 0.6 is 12.4 Å². The van der Waals surface area contributed by atoms with Gasteiger partial charge >= 0.3 is 0 Å². The molecule has 4 nitrogen and oxygen atoms in total. The van der Waals surface area contributed by atoms with Crippen molar-refractivity contribution < 1.29 is 4.79 Å². The first-order valence-corrected chi connectivity index (χ1v) is 8.46. The topological polar surface area (TPSA) is 44.4 Å². The second-order valence-corrected chi connectivity index (χ2v) is 6.23. The molecule has 5 heteroatoms. The van der Waals surface area contributed by atoms with Gasteiger partial charge in [-0.25, -0.2) is 0 Å². The van der Waals surface area contributed by atoms with Gasteiger partial charge in [-0.1, -0.05) is 37.3 Å². The number of rotatable bonds is 7. The normalized spacial score (nSPS) is 17.3. The summed E-state index contributed by atoms with van der Waals surface area (Å²) in [6.45, 7) is 8.92. The highest BCUT2D eigenvalue weighted by Gasteiger charge is 2.21. The zero-order chi connectivity index (χ0) is 15.8. The standard InChI is InChI=1S/C18H29N3O.ClH/c1-3-19-13-16-9-11-21(12-10-16)14-18(22)20-15(2)17-7-5-4-6-8-17;/h4-8,15-16,19H,3,9-14H2,1-2H3,(H,20,22);1H. The number of piperidine rings is 1. The first kappa shape index (κ1) is 19.9. The number of hydrogen-bond acceptors (Lipinski definition) is 3. The van der Waals surface area contributed by atoms with E-state index in [1.807, 2.05) is 25.1 Å². The smallest absolute Gasteiger partial charge is 0.234 e. The summed E-state index contributed by atoms with van der Waals surface area (Å²) in [6.07, 6.45) is 2.38. The van der Waals surface area contributed by atoms with Gasteiger partial charge in [0.2, 0.25) is 5.91 Å². The van der Waals surface area contributed by atoms with Crippen molar-refractivity contribution in [2.45, 2.75) is 32.7 Å². The highest BCUT2D eigenvalue weighted by atomic mass is 35.5. The average Bonchev–Trinajstić information content (AvgIpc) is 2.55. The molecule has 1 fully saturated rings. The molecular weight excluding hydrogens is 310 g/mol. The van der Waals surface area contributed by atoms with Crippen LogP contribution in [0.1, 0.15) is 38.3 Å². The predicted molar refractivity (Wildman–Crippen MR) is 98.0 cm³/mol. The lowest BCUT2D eigenvalue weighted by molar-refractivity contribution is -0.123. The summed E-state index contributed by atoms with van der Waals surface area (Å²) in [6, 6.07) is 10.2. The van der Waals surface area contributed by atoms with Gasteiger partial charge < -0.3 is 10.6 Å². The fourth-order valence-electron chi connectivity index (χ4n) is 3.01. The lowest BCUT2D eigenvalue weighted by Gasteiger charge is -2.31. The van der Waals surface area contributed by atoms with E-state index in [0.717, 1.165) is 37.7 Å². The molecule has 23 heavy (non-hydrogen) atoms. The van der Waals surface area contributed by atoms with Crippen LogP contribution in [-0.2, 0) is 4.79 Å². The maximum Gasteiger partial charge on any atom is 0.234 e. The third kappa shape index (κ3) is 6.90. The summed E-state index contributed by atoms with van der Waals surface area (Å²) in [5.74, 6) is 0.893. The van der Waals surface area contributed by atoms with Crippen molar-refractivity contribution in [3.8, 4) is 0 Å². The number of benzene rings is 1. The summed E-state index contributed by atoms with van der Waals surface area (Å²) in [5, 5.41) is 6.52. The molecule has 1 saturated heterocycles. The fraction of sp³-hybridized carbons (Fsp3) is 0.611. The van der Waals surface area contributed by atoms with Gasteiger partial charge in [0, 0.05) is 0 Å². The number of likely N-dealkylation sites (tertiary alicyclic amines) is 1. The van der Waals surface area contributed by atoms with E-state index in [4.69, 9.17) is 0 Å². The Balaban J connectivity index is 0.00000264. The molecule has 0 aromatic heterocycles. The molecule has 0 saturated carbocycles. The lowest BCUT2D eigenvalue weighted by atomic mass is 9.97. The van der Waals surface area contributed by atoms with Gasteiger partial charge in [-0.2, -0.15) is 0 Å². The Morgan fingerprint density at radius 2 is 1.91 bits per heavy atom. The van der Waals surface area contributed by atoms with Gasteiger partial charge in [-0.15, -0.1) is 12.4 Å². The van der Waals surface area contributed by atoms with Crippen LogP contribution in [-0.4, -0.2) is 43.5 Å². The van der Waals surface area contributed by atoms with E-state index in [9.17, 15) is 4.79 Å². The van der Waals surface area contributed by atoms with Crippen molar-refractivity contribution in [1.29, 1.82) is 0 Å². The minimum atomic E-state index is 0. The summed E-state index contributed by atoms with van der Waals surface area (Å²) >= 11 is 0. The SMILES string of the molecule is CCNCC1CCN(CC(=O)NC(C)c2ccccc2)CC1.Cl. The van der Waals surface area contributed by atoms with Crippen LogP contribution in [0.5, 0.6) is 0 Å². The third-order valence-corrected chi connectivity index (χ3v) is 4.43. The van der Waals surface area contributed by atoms with Gasteiger partial charge in [0.05, 0.1) is 12.6 Å². The Morgan fingerprint density at radius 1 is 1.26 bits per heavy atom. The van der Waals surface area contributed by atoms with Crippen LogP contribution in [0.3, 0.4) is 0 Å². The molecule has 1 atom stereocenters. The van der Waals surface area contributed by atoms with E-state index in [1.54, 1.807) is 0 Å². The van der Waals surface area contributed by atoms with E-state index in [0.29, 0.717) is 6.54 Å². The van der Waals surface area contributed by atoms with Crippen LogP contribution in [0.15, 0.2) is 30.3 Å². The zero-order valence-electron chi connectivity index (χ0n) is 14.3. The molecule has 2 N–H and O–H groups in total. The average molecular weight is 340 g/mol. The van der Waals surface area contributed by atoms with Gasteiger partial charge in [0.15, 0.2) is 0 Å². The van der Waals surface area contributed by atoms with Crippen LogP contribution in [0, 0.1) is 5.92 Å². The highest BCUT2D eigenvalue weighted by Crippen LogP contribution is 2.16. The van der Waals surface area contributed by atoms with Crippen molar-refractivity contribution in [3.63, 3.8) is 0 Å². The van der Waals surface area contributed by atoms with Crippen molar-refractivity contribution in [2.75, 3.05) is 32.7 Å². The number of hydrogen-bond donors (Lipinski definition) is 2. The fourth-order valence-corrected chi connectivity index (χ4v) is 3.01. The summed E-state index contributed by atoms with van der Waals surface area (Å²) in [4.78, 5) is 14.5. The second kappa shape index (κ2) is 10.6.